The number of carbonyl (C=O) groups is 1. The van der Waals surface area contributed by atoms with Crippen LogP contribution in [-0.2, 0) is 23.6 Å². The van der Waals surface area contributed by atoms with Gasteiger partial charge in [-0.25, -0.2) is 5.10 Å². The highest BCUT2D eigenvalue weighted by Gasteiger charge is 2.37. The second kappa shape index (κ2) is 7.22. The van der Waals surface area contributed by atoms with E-state index < -0.39 is 47.1 Å². The Labute approximate surface area is 158 Å². The van der Waals surface area contributed by atoms with E-state index >= 15 is 0 Å². The van der Waals surface area contributed by atoms with Crippen LogP contribution in [0.4, 0.5) is 32.0 Å². The Hall–Kier alpha value is -3.37. The van der Waals surface area contributed by atoms with Crippen molar-refractivity contribution in [1.82, 2.24) is 10.2 Å². The molecule has 0 fully saturated rings. The molecular weight excluding hydrogens is 404 g/mol. The zero-order chi connectivity index (χ0) is 21.4. The van der Waals surface area contributed by atoms with E-state index in [0.29, 0.717) is 17.5 Å². The number of fused-ring (bicyclic) bond motifs is 1. The van der Waals surface area contributed by atoms with Crippen LogP contribution in [0.5, 0.6) is 0 Å². The molecule has 0 aliphatic heterocycles. The number of amides is 1. The van der Waals surface area contributed by atoms with Crippen molar-refractivity contribution >= 4 is 22.4 Å². The Morgan fingerprint density at radius 3 is 2.03 bits per heavy atom. The number of benzene rings is 2. The van der Waals surface area contributed by atoms with Crippen molar-refractivity contribution in [3.8, 4) is 0 Å². The topological polar surface area (TPSA) is 74.8 Å². The van der Waals surface area contributed by atoms with Crippen LogP contribution in [0, 0.1) is 0 Å². The monoisotopic (exact) mass is 415 g/mol. The number of anilines is 1. The number of aromatic amines is 1. The lowest BCUT2D eigenvalue weighted by Crippen LogP contribution is -2.19. The molecule has 0 aliphatic rings. The first-order valence-electron chi connectivity index (χ1n) is 8.01. The minimum atomic E-state index is -5.03. The average molecular weight is 415 g/mol. The van der Waals surface area contributed by atoms with E-state index in [9.17, 15) is 35.9 Å². The molecule has 2 N–H and O–H groups in total. The first-order valence-corrected chi connectivity index (χ1v) is 8.01. The summed E-state index contributed by atoms with van der Waals surface area (Å²) in [4.78, 5) is 24.0. The van der Waals surface area contributed by atoms with Gasteiger partial charge in [-0.2, -0.15) is 31.4 Å². The van der Waals surface area contributed by atoms with Gasteiger partial charge in [0.05, 0.1) is 28.6 Å². The quantitative estimate of drug-likeness (QED) is 0.632. The van der Waals surface area contributed by atoms with Gasteiger partial charge in [0.2, 0.25) is 5.91 Å². The summed E-state index contributed by atoms with van der Waals surface area (Å²) in [5, 5.41) is 8.53. The van der Waals surface area contributed by atoms with Crippen LogP contribution in [0.15, 0.2) is 47.3 Å². The molecule has 1 heterocycles. The van der Waals surface area contributed by atoms with E-state index in [1.807, 2.05) is 5.32 Å². The molecule has 29 heavy (non-hydrogen) atoms. The van der Waals surface area contributed by atoms with Crippen molar-refractivity contribution in [2.75, 3.05) is 5.32 Å². The molecule has 1 aromatic heterocycles. The number of carbonyl (C=O) groups excluding carboxylic acids is 1. The summed E-state index contributed by atoms with van der Waals surface area (Å²) in [6.07, 6.45) is -10.5. The number of hydrogen-bond donors (Lipinski definition) is 2. The van der Waals surface area contributed by atoms with Crippen LogP contribution in [0.3, 0.4) is 0 Å². The summed E-state index contributed by atoms with van der Waals surface area (Å²) in [6.45, 7) is 0. The van der Waals surface area contributed by atoms with Gasteiger partial charge in [-0.05, 0) is 24.3 Å². The van der Waals surface area contributed by atoms with Crippen molar-refractivity contribution in [2.24, 2.45) is 0 Å². The summed E-state index contributed by atoms with van der Waals surface area (Å²) in [5.41, 5.74) is -4.14. The maximum Gasteiger partial charge on any atom is 0.416 e. The molecule has 152 valence electrons. The van der Waals surface area contributed by atoms with E-state index in [-0.39, 0.29) is 17.1 Å². The third-order valence-corrected chi connectivity index (χ3v) is 3.97. The standard InChI is InChI=1S/C18H11F6N3O2/c19-17(20,21)9-5-10(18(22,23)24)7-11(6-9)25-15(28)8-14-12-3-1-2-4-13(12)16(29)27-26-14/h1-7H,8H2,(H,25,28)(H,27,29). The first kappa shape index (κ1) is 20.4. The molecule has 0 saturated carbocycles. The number of hydrogen-bond acceptors (Lipinski definition) is 3. The lowest BCUT2D eigenvalue weighted by Gasteiger charge is -2.15. The molecule has 3 rings (SSSR count). The van der Waals surface area contributed by atoms with Crippen LogP contribution in [0.2, 0.25) is 0 Å². The summed E-state index contributed by atoms with van der Waals surface area (Å²) in [6, 6.07) is 6.96. The van der Waals surface area contributed by atoms with E-state index in [1.54, 1.807) is 12.1 Å². The number of alkyl halides is 6. The van der Waals surface area contributed by atoms with Gasteiger partial charge >= 0.3 is 12.4 Å². The highest BCUT2D eigenvalue weighted by molar-refractivity contribution is 5.95. The number of H-pyrrole nitrogens is 1. The van der Waals surface area contributed by atoms with Gasteiger partial charge < -0.3 is 5.32 Å². The lowest BCUT2D eigenvalue weighted by atomic mass is 10.1. The molecule has 0 spiro atoms. The van der Waals surface area contributed by atoms with Crippen LogP contribution in [-0.4, -0.2) is 16.1 Å². The van der Waals surface area contributed by atoms with Crippen LogP contribution in [0.1, 0.15) is 16.8 Å². The molecule has 0 saturated heterocycles. The molecule has 5 nitrogen and oxygen atoms in total. The summed E-state index contributed by atoms with van der Waals surface area (Å²) >= 11 is 0. The minimum Gasteiger partial charge on any atom is -0.326 e. The van der Waals surface area contributed by atoms with Gasteiger partial charge in [-0.1, -0.05) is 18.2 Å². The molecule has 0 bridgehead atoms. The summed E-state index contributed by atoms with van der Waals surface area (Å²) in [7, 11) is 0. The fourth-order valence-electron chi connectivity index (χ4n) is 2.69. The molecular formula is C18H11F6N3O2. The van der Waals surface area contributed by atoms with Crippen molar-refractivity contribution in [1.29, 1.82) is 0 Å². The Morgan fingerprint density at radius 2 is 1.48 bits per heavy atom. The normalized spacial score (nSPS) is 12.2. The lowest BCUT2D eigenvalue weighted by molar-refractivity contribution is -0.143. The van der Waals surface area contributed by atoms with Crippen molar-refractivity contribution < 1.29 is 31.1 Å². The van der Waals surface area contributed by atoms with Gasteiger partial charge in [0.1, 0.15) is 0 Å². The molecule has 3 aromatic rings. The Bertz CT molecular complexity index is 1100. The number of halogens is 6. The Morgan fingerprint density at radius 1 is 0.931 bits per heavy atom. The molecule has 1 amide bonds. The number of nitrogens with one attached hydrogen (secondary N) is 2. The summed E-state index contributed by atoms with van der Waals surface area (Å²) < 4.78 is 77.5. The van der Waals surface area contributed by atoms with Gasteiger partial charge in [0.25, 0.3) is 5.56 Å². The number of aromatic nitrogens is 2. The number of rotatable bonds is 3. The van der Waals surface area contributed by atoms with Gasteiger partial charge in [0, 0.05) is 11.1 Å². The summed E-state index contributed by atoms with van der Waals surface area (Å²) in [5.74, 6) is -0.901. The third kappa shape index (κ3) is 4.55. The van der Waals surface area contributed by atoms with E-state index in [0.717, 1.165) is 0 Å². The largest absolute Gasteiger partial charge is 0.416 e. The van der Waals surface area contributed by atoms with Crippen molar-refractivity contribution in [3.05, 3.63) is 69.6 Å². The SMILES string of the molecule is O=C(Cc1n[nH]c(=O)c2ccccc12)Nc1cc(C(F)(F)F)cc(C(F)(F)F)c1. The van der Waals surface area contributed by atoms with Gasteiger partial charge in [0.15, 0.2) is 0 Å². The zero-order valence-electron chi connectivity index (χ0n) is 14.3. The molecule has 0 radical (unpaired) electrons. The van der Waals surface area contributed by atoms with E-state index in [1.165, 1.54) is 12.1 Å². The molecule has 2 aromatic carbocycles. The van der Waals surface area contributed by atoms with Crippen molar-refractivity contribution in [3.63, 3.8) is 0 Å². The van der Waals surface area contributed by atoms with E-state index in [2.05, 4.69) is 10.2 Å². The van der Waals surface area contributed by atoms with Gasteiger partial charge in [-0.15, -0.1) is 0 Å². The molecule has 0 aliphatic carbocycles. The first-order chi connectivity index (χ1) is 13.4. The minimum absolute atomic E-state index is 0.0351. The predicted molar refractivity (Wildman–Crippen MR) is 91.1 cm³/mol. The van der Waals surface area contributed by atoms with Crippen molar-refractivity contribution in [2.45, 2.75) is 18.8 Å². The van der Waals surface area contributed by atoms with E-state index in [4.69, 9.17) is 0 Å². The van der Waals surface area contributed by atoms with Crippen LogP contribution in [0.25, 0.3) is 10.8 Å². The fourth-order valence-corrected chi connectivity index (χ4v) is 2.69. The zero-order valence-corrected chi connectivity index (χ0v) is 14.3. The Kier molecular flexibility index (Phi) is 5.07. The van der Waals surface area contributed by atoms with Gasteiger partial charge in [-0.3, -0.25) is 9.59 Å². The maximum absolute atomic E-state index is 12.9. The maximum atomic E-state index is 12.9. The van der Waals surface area contributed by atoms with Crippen LogP contribution < -0.4 is 10.9 Å². The highest BCUT2D eigenvalue weighted by atomic mass is 19.4. The second-order valence-corrected chi connectivity index (χ2v) is 6.06. The third-order valence-electron chi connectivity index (χ3n) is 3.97. The smallest absolute Gasteiger partial charge is 0.326 e. The second-order valence-electron chi connectivity index (χ2n) is 6.06. The average Bonchev–Trinajstić information content (AvgIpc) is 2.62. The van der Waals surface area contributed by atoms with Crippen LogP contribution >= 0.6 is 0 Å². The molecule has 11 heteroatoms. The predicted octanol–water partition coefficient (Wildman–Crippen LogP) is 4.14. The number of nitrogens with zero attached hydrogens (tertiary/aromatic N) is 1. The molecule has 0 unspecified atom stereocenters. The Balaban J connectivity index is 1.92. The fraction of sp³-hybridized carbons (Fsp3) is 0.167. The molecule has 0 atom stereocenters. The highest BCUT2D eigenvalue weighted by Crippen LogP contribution is 2.37.